The first kappa shape index (κ1) is 13.9. The van der Waals surface area contributed by atoms with Crippen LogP contribution in [-0.2, 0) is 9.59 Å². The molecule has 0 spiro atoms. The zero-order valence-corrected chi connectivity index (χ0v) is 12.2. The third-order valence-electron chi connectivity index (χ3n) is 5.70. The van der Waals surface area contributed by atoms with Crippen LogP contribution < -0.4 is 5.32 Å². The second-order valence-corrected chi connectivity index (χ2v) is 7.35. The van der Waals surface area contributed by atoms with Crippen LogP contribution in [0.15, 0.2) is 0 Å². The van der Waals surface area contributed by atoms with Gasteiger partial charge in [0, 0.05) is 5.41 Å². The molecule has 4 nitrogen and oxygen atoms in total. The number of hydrogen-bond donors (Lipinski definition) is 2. The Morgan fingerprint density at radius 3 is 2.05 bits per heavy atom. The average Bonchev–Trinajstić information content (AvgIpc) is 2.36. The summed E-state index contributed by atoms with van der Waals surface area (Å²) in [4.78, 5) is 23.9. The van der Waals surface area contributed by atoms with Crippen LogP contribution in [-0.4, -0.2) is 23.0 Å². The van der Waals surface area contributed by atoms with Crippen LogP contribution in [0.5, 0.6) is 0 Å². The molecular weight excluding hydrogens is 254 g/mol. The predicted molar refractivity (Wildman–Crippen MR) is 75.1 cm³/mol. The van der Waals surface area contributed by atoms with Crippen molar-refractivity contribution in [3.05, 3.63) is 0 Å². The van der Waals surface area contributed by atoms with Crippen molar-refractivity contribution in [1.29, 1.82) is 0 Å². The van der Waals surface area contributed by atoms with Crippen molar-refractivity contribution in [2.45, 2.75) is 64.3 Å². The predicted octanol–water partition coefficient (Wildman–Crippen LogP) is 2.57. The quantitative estimate of drug-likeness (QED) is 0.813. The molecule has 0 aromatic heterocycles. The van der Waals surface area contributed by atoms with E-state index >= 15 is 0 Å². The summed E-state index contributed by atoms with van der Waals surface area (Å²) in [5.41, 5.74) is -0.240. The van der Waals surface area contributed by atoms with Gasteiger partial charge in [-0.3, -0.25) is 4.79 Å². The first-order valence-corrected chi connectivity index (χ1v) is 8.06. The Morgan fingerprint density at radius 2 is 1.65 bits per heavy atom. The van der Waals surface area contributed by atoms with E-state index in [1.165, 1.54) is 19.3 Å². The highest BCUT2D eigenvalue weighted by molar-refractivity contribution is 5.87. The van der Waals surface area contributed by atoms with Crippen LogP contribution in [0.1, 0.15) is 58.3 Å². The van der Waals surface area contributed by atoms with Crippen LogP contribution in [0.4, 0.5) is 0 Å². The first-order valence-electron chi connectivity index (χ1n) is 8.06. The summed E-state index contributed by atoms with van der Waals surface area (Å²) < 4.78 is 0. The molecule has 4 fully saturated rings. The smallest absolute Gasteiger partial charge is 0.326 e. The minimum absolute atomic E-state index is 0.0254. The lowest BCUT2D eigenvalue weighted by atomic mass is 9.49. The summed E-state index contributed by atoms with van der Waals surface area (Å²) in [6, 6.07) is -0.708. The van der Waals surface area contributed by atoms with Gasteiger partial charge in [0.2, 0.25) is 5.91 Å². The van der Waals surface area contributed by atoms with Gasteiger partial charge in [0.1, 0.15) is 6.04 Å². The molecule has 4 aliphatic rings. The summed E-state index contributed by atoms with van der Waals surface area (Å²) in [7, 11) is 0. The van der Waals surface area contributed by atoms with E-state index < -0.39 is 12.0 Å². The molecule has 0 aromatic carbocycles. The van der Waals surface area contributed by atoms with E-state index in [0.717, 1.165) is 25.7 Å². The second-order valence-electron chi connectivity index (χ2n) is 7.35. The van der Waals surface area contributed by atoms with Crippen molar-refractivity contribution >= 4 is 11.9 Å². The van der Waals surface area contributed by atoms with Crippen molar-refractivity contribution < 1.29 is 14.7 Å². The third kappa shape index (κ3) is 2.33. The minimum Gasteiger partial charge on any atom is -0.480 e. The zero-order chi connectivity index (χ0) is 14.3. The van der Waals surface area contributed by atoms with Gasteiger partial charge in [0.25, 0.3) is 0 Å². The Morgan fingerprint density at radius 1 is 1.15 bits per heavy atom. The largest absolute Gasteiger partial charge is 0.480 e. The Hall–Kier alpha value is -1.06. The van der Waals surface area contributed by atoms with Crippen LogP contribution in [0.25, 0.3) is 0 Å². The maximum atomic E-state index is 12.7. The number of rotatable bonds is 5. The van der Waals surface area contributed by atoms with Gasteiger partial charge in [0.05, 0.1) is 0 Å². The van der Waals surface area contributed by atoms with Crippen LogP contribution in [0, 0.1) is 23.2 Å². The lowest BCUT2D eigenvalue weighted by molar-refractivity contribution is -0.151. The molecule has 4 saturated carbocycles. The molecule has 4 rings (SSSR count). The van der Waals surface area contributed by atoms with E-state index in [2.05, 4.69) is 5.32 Å². The van der Waals surface area contributed by atoms with Gasteiger partial charge in [0.15, 0.2) is 0 Å². The molecule has 0 aromatic rings. The van der Waals surface area contributed by atoms with E-state index in [9.17, 15) is 14.7 Å². The summed E-state index contributed by atoms with van der Waals surface area (Å²) in [6.07, 6.45) is 8.15. The standard InChI is InChI=1S/C16H25NO3/c1-2-3-13(14(18)19)17-15(20)16-7-10-4-11(8-16)6-12(5-10)9-16/h10-13H,2-9H2,1H3,(H,17,20)(H,18,19)/t10?,11?,12?,13-,16?/m0/s1. The average molecular weight is 279 g/mol. The van der Waals surface area contributed by atoms with Crippen molar-refractivity contribution in [1.82, 2.24) is 5.32 Å². The highest BCUT2D eigenvalue weighted by Crippen LogP contribution is 2.60. The van der Waals surface area contributed by atoms with Gasteiger partial charge < -0.3 is 10.4 Å². The molecule has 2 N–H and O–H groups in total. The first-order chi connectivity index (χ1) is 9.52. The molecule has 0 heterocycles. The molecular formula is C16H25NO3. The van der Waals surface area contributed by atoms with Crippen molar-refractivity contribution in [2.24, 2.45) is 23.2 Å². The number of nitrogens with one attached hydrogen (secondary N) is 1. The number of amides is 1. The molecule has 4 heteroatoms. The number of carbonyl (C=O) groups excluding carboxylic acids is 1. The molecule has 0 saturated heterocycles. The zero-order valence-electron chi connectivity index (χ0n) is 12.2. The van der Waals surface area contributed by atoms with Crippen molar-refractivity contribution in [2.75, 3.05) is 0 Å². The van der Waals surface area contributed by atoms with Gasteiger partial charge in [-0.1, -0.05) is 13.3 Å². The molecule has 20 heavy (non-hydrogen) atoms. The Bertz CT molecular complexity index is 383. The summed E-state index contributed by atoms with van der Waals surface area (Å²) in [5, 5.41) is 12.1. The molecule has 1 amide bonds. The van der Waals surface area contributed by atoms with Crippen LogP contribution >= 0.6 is 0 Å². The molecule has 0 unspecified atom stereocenters. The van der Waals surface area contributed by atoms with E-state index in [1.54, 1.807) is 0 Å². The second kappa shape index (κ2) is 5.05. The van der Waals surface area contributed by atoms with E-state index in [-0.39, 0.29) is 11.3 Å². The summed E-state index contributed by atoms with van der Waals surface area (Å²) in [5.74, 6) is 1.26. The lowest BCUT2D eigenvalue weighted by Crippen LogP contribution is -2.56. The fraction of sp³-hybridized carbons (Fsp3) is 0.875. The van der Waals surface area contributed by atoms with Gasteiger partial charge in [-0.05, 0) is 62.7 Å². The summed E-state index contributed by atoms with van der Waals surface area (Å²) >= 11 is 0. The Balaban J connectivity index is 1.71. The molecule has 0 radical (unpaired) electrons. The third-order valence-corrected chi connectivity index (χ3v) is 5.70. The topological polar surface area (TPSA) is 66.4 Å². The highest BCUT2D eigenvalue weighted by atomic mass is 16.4. The highest BCUT2D eigenvalue weighted by Gasteiger charge is 2.54. The van der Waals surface area contributed by atoms with Gasteiger partial charge in [-0.25, -0.2) is 4.79 Å². The fourth-order valence-electron chi connectivity index (χ4n) is 5.25. The lowest BCUT2D eigenvalue weighted by Gasteiger charge is -2.55. The van der Waals surface area contributed by atoms with Crippen LogP contribution in [0.2, 0.25) is 0 Å². The molecule has 4 aliphatic carbocycles. The van der Waals surface area contributed by atoms with E-state index in [1.807, 2.05) is 6.92 Å². The number of carboxylic acid groups (broad SMARTS) is 1. The van der Waals surface area contributed by atoms with Crippen molar-refractivity contribution in [3.8, 4) is 0 Å². The van der Waals surface area contributed by atoms with E-state index in [4.69, 9.17) is 0 Å². The van der Waals surface area contributed by atoms with Gasteiger partial charge >= 0.3 is 5.97 Å². The Labute approximate surface area is 120 Å². The summed E-state index contributed by atoms with van der Waals surface area (Å²) in [6.45, 7) is 1.95. The van der Waals surface area contributed by atoms with E-state index in [0.29, 0.717) is 24.2 Å². The number of carboxylic acids is 1. The number of hydrogen-bond acceptors (Lipinski definition) is 2. The maximum absolute atomic E-state index is 12.7. The molecule has 0 aliphatic heterocycles. The van der Waals surface area contributed by atoms with Crippen LogP contribution in [0.3, 0.4) is 0 Å². The molecule has 4 bridgehead atoms. The normalized spacial score (nSPS) is 39.5. The fourth-order valence-corrected chi connectivity index (χ4v) is 5.25. The minimum atomic E-state index is -0.898. The number of aliphatic carboxylic acids is 1. The molecule has 112 valence electrons. The number of carbonyl (C=O) groups is 2. The Kier molecular flexibility index (Phi) is 3.51. The van der Waals surface area contributed by atoms with Gasteiger partial charge in [-0.15, -0.1) is 0 Å². The monoisotopic (exact) mass is 279 g/mol. The molecule has 1 atom stereocenters. The van der Waals surface area contributed by atoms with Crippen molar-refractivity contribution in [3.63, 3.8) is 0 Å². The maximum Gasteiger partial charge on any atom is 0.326 e. The van der Waals surface area contributed by atoms with Gasteiger partial charge in [-0.2, -0.15) is 0 Å². The SMILES string of the molecule is CCC[C@H](NC(=O)C12CC3CC(CC(C3)C1)C2)C(=O)O.